The maximum Gasteiger partial charge on any atom is 0.197 e. The summed E-state index contributed by atoms with van der Waals surface area (Å²) in [6, 6.07) is 8.63. The van der Waals surface area contributed by atoms with Crippen LogP contribution in [0.1, 0.15) is 27.0 Å². The predicted molar refractivity (Wildman–Crippen MR) is 81.8 cm³/mol. The summed E-state index contributed by atoms with van der Waals surface area (Å²) in [4.78, 5) is 12.7. The third kappa shape index (κ3) is 2.78. The molecule has 0 bridgehead atoms. The quantitative estimate of drug-likeness (QED) is 0.691. The first-order chi connectivity index (χ1) is 9.42. The van der Waals surface area contributed by atoms with Gasteiger partial charge >= 0.3 is 0 Å². The molecule has 0 aliphatic heterocycles. The Hall–Kier alpha value is -2.00. The fraction of sp³-hybridized carbons (Fsp3) is 0.188. The number of anilines is 1. The van der Waals surface area contributed by atoms with Crippen molar-refractivity contribution < 1.29 is 9.53 Å². The van der Waals surface area contributed by atoms with Gasteiger partial charge in [-0.25, -0.2) is 0 Å². The molecule has 2 aromatic carbocycles. The first-order valence-corrected chi connectivity index (χ1v) is 6.56. The summed E-state index contributed by atoms with van der Waals surface area (Å²) < 4.78 is 5.33. The third-order valence-corrected chi connectivity index (χ3v) is 3.29. The highest BCUT2D eigenvalue weighted by Crippen LogP contribution is 2.28. The van der Waals surface area contributed by atoms with Gasteiger partial charge in [-0.3, -0.25) is 4.79 Å². The number of rotatable bonds is 3. The number of hydrogen-bond donors (Lipinski definition) is 1. The van der Waals surface area contributed by atoms with Crippen molar-refractivity contribution in [2.24, 2.45) is 0 Å². The molecule has 0 saturated heterocycles. The molecular formula is C16H16ClNO2. The largest absolute Gasteiger partial charge is 0.496 e. The monoisotopic (exact) mass is 289 g/mol. The van der Waals surface area contributed by atoms with E-state index in [1.165, 1.54) is 0 Å². The Morgan fingerprint density at radius 3 is 2.45 bits per heavy atom. The zero-order valence-electron chi connectivity index (χ0n) is 11.7. The first kappa shape index (κ1) is 14.4. The molecule has 0 spiro atoms. The van der Waals surface area contributed by atoms with Gasteiger partial charge in [0.05, 0.1) is 12.7 Å². The van der Waals surface area contributed by atoms with Gasteiger partial charge in [0, 0.05) is 16.3 Å². The number of nitrogens with two attached hydrogens (primary N) is 1. The Labute approximate surface area is 123 Å². The van der Waals surface area contributed by atoms with E-state index in [1.807, 2.05) is 26.0 Å². The lowest BCUT2D eigenvalue weighted by atomic mass is 9.96. The van der Waals surface area contributed by atoms with Gasteiger partial charge in [0.15, 0.2) is 5.78 Å². The van der Waals surface area contributed by atoms with Crippen LogP contribution in [-0.4, -0.2) is 12.9 Å². The van der Waals surface area contributed by atoms with E-state index in [1.54, 1.807) is 25.3 Å². The summed E-state index contributed by atoms with van der Waals surface area (Å²) in [5.41, 5.74) is 9.11. The Morgan fingerprint density at radius 1 is 1.15 bits per heavy atom. The highest BCUT2D eigenvalue weighted by atomic mass is 35.5. The van der Waals surface area contributed by atoms with Gasteiger partial charge in [0.2, 0.25) is 0 Å². The zero-order chi connectivity index (χ0) is 14.9. The van der Waals surface area contributed by atoms with Crippen molar-refractivity contribution in [1.29, 1.82) is 0 Å². The van der Waals surface area contributed by atoms with Gasteiger partial charge in [-0.15, -0.1) is 0 Å². The highest BCUT2D eigenvalue weighted by molar-refractivity contribution is 6.31. The lowest BCUT2D eigenvalue weighted by Crippen LogP contribution is -2.07. The van der Waals surface area contributed by atoms with Crippen LogP contribution in [0.5, 0.6) is 5.75 Å². The van der Waals surface area contributed by atoms with E-state index in [-0.39, 0.29) is 5.78 Å². The molecule has 0 fully saturated rings. The van der Waals surface area contributed by atoms with Crippen molar-refractivity contribution in [1.82, 2.24) is 0 Å². The summed E-state index contributed by atoms with van der Waals surface area (Å²) in [7, 11) is 1.55. The van der Waals surface area contributed by atoms with Crippen molar-refractivity contribution >= 4 is 23.1 Å². The van der Waals surface area contributed by atoms with E-state index < -0.39 is 0 Å². The average Bonchev–Trinajstić information content (AvgIpc) is 2.35. The maximum absolute atomic E-state index is 12.7. The molecular weight excluding hydrogens is 274 g/mol. The van der Waals surface area contributed by atoms with Crippen molar-refractivity contribution in [2.75, 3.05) is 12.8 Å². The van der Waals surface area contributed by atoms with Crippen molar-refractivity contribution in [3.8, 4) is 5.75 Å². The second kappa shape index (κ2) is 5.55. The van der Waals surface area contributed by atoms with Crippen molar-refractivity contribution in [3.05, 3.63) is 57.6 Å². The van der Waals surface area contributed by atoms with Crippen LogP contribution >= 0.6 is 11.6 Å². The van der Waals surface area contributed by atoms with Crippen LogP contribution in [0.15, 0.2) is 30.3 Å². The van der Waals surface area contributed by atoms with Gasteiger partial charge in [-0.05, 0) is 49.2 Å². The van der Waals surface area contributed by atoms with E-state index in [4.69, 9.17) is 22.1 Å². The molecule has 0 amide bonds. The smallest absolute Gasteiger partial charge is 0.197 e. The van der Waals surface area contributed by atoms with Crippen LogP contribution in [0, 0.1) is 13.8 Å². The molecule has 0 saturated carbocycles. The fourth-order valence-corrected chi connectivity index (χ4v) is 2.51. The standard InChI is InChI=1S/C16H16ClNO2/c1-9-4-10(2)15(14(5-9)20-3)16(19)11-6-12(17)8-13(18)7-11/h4-8H,18H2,1-3H3. The van der Waals surface area contributed by atoms with Crippen LogP contribution in [0.3, 0.4) is 0 Å². The number of carbonyl (C=O) groups is 1. The number of benzene rings is 2. The maximum atomic E-state index is 12.7. The van der Waals surface area contributed by atoms with Gasteiger partial charge < -0.3 is 10.5 Å². The Kier molecular flexibility index (Phi) is 4.00. The molecule has 0 radical (unpaired) electrons. The summed E-state index contributed by atoms with van der Waals surface area (Å²) in [5, 5.41) is 0.442. The van der Waals surface area contributed by atoms with Gasteiger partial charge in [-0.2, -0.15) is 0 Å². The SMILES string of the molecule is COc1cc(C)cc(C)c1C(=O)c1cc(N)cc(Cl)c1. The number of methoxy groups -OCH3 is 1. The van der Waals surface area contributed by atoms with Crippen LogP contribution in [-0.2, 0) is 0 Å². The normalized spacial score (nSPS) is 10.4. The van der Waals surface area contributed by atoms with Gasteiger partial charge in [0.25, 0.3) is 0 Å². The van der Waals surface area contributed by atoms with Crippen LogP contribution in [0.25, 0.3) is 0 Å². The Morgan fingerprint density at radius 2 is 1.85 bits per heavy atom. The third-order valence-electron chi connectivity index (χ3n) is 3.07. The first-order valence-electron chi connectivity index (χ1n) is 6.18. The number of ketones is 1. The molecule has 2 aromatic rings. The van der Waals surface area contributed by atoms with Crippen molar-refractivity contribution in [2.45, 2.75) is 13.8 Å². The number of carbonyl (C=O) groups excluding carboxylic acids is 1. The van der Waals surface area contributed by atoms with E-state index >= 15 is 0 Å². The summed E-state index contributed by atoms with van der Waals surface area (Å²) in [5.74, 6) is 0.416. The molecule has 104 valence electrons. The summed E-state index contributed by atoms with van der Waals surface area (Å²) >= 11 is 5.96. The average molecular weight is 290 g/mol. The van der Waals surface area contributed by atoms with E-state index in [0.717, 1.165) is 11.1 Å². The van der Waals surface area contributed by atoms with Gasteiger partial charge in [0.1, 0.15) is 5.75 Å². The van der Waals surface area contributed by atoms with Crippen molar-refractivity contribution in [3.63, 3.8) is 0 Å². The number of aryl methyl sites for hydroxylation is 2. The number of ether oxygens (including phenoxy) is 1. The highest BCUT2D eigenvalue weighted by Gasteiger charge is 2.18. The van der Waals surface area contributed by atoms with Crippen LogP contribution in [0.4, 0.5) is 5.69 Å². The van der Waals surface area contributed by atoms with Crippen LogP contribution < -0.4 is 10.5 Å². The molecule has 20 heavy (non-hydrogen) atoms. The number of hydrogen-bond acceptors (Lipinski definition) is 3. The zero-order valence-corrected chi connectivity index (χ0v) is 12.4. The topological polar surface area (TPSA) is 52.3 Å². The molecule has 3 nitrogen and oxygen atoms in total. The molecule has 2 rings (SSSR count). The molecule has 2 N–H and O–H groups in total. The predicted octanol–water partition coefficient (Wildman–Crippen LogP) is 3.78. The summed E-state index contributed by atoms with van der Waals surface area (Å²) in [6.07, 6.45) is 0. The number of halogens is 1. The lowest BCUT2D eigenvalue weighted by Gasteiger charge is -2.12. The molecule has 0 aromatic heterocycles. The van der Waals surface area contributed by atoms with E-state index in [0.29, 0.717) is 27.6 Å². The van der Waals surface area contributed by atoms with Gasteiger partial charge in [-0.1, -0.05) is 17.7 Å². The minimum Gasteiger partial charge on any atom is -0.496 e. The second-order valence-electron chi connectivity index (χ2n) is 4.76. The lowest BCUT2D eigenvalue weighted by molar-refractivity contribution is 0.103. The second-order valence-corrected chi connectivity index (χ2v) is 5.20. The molecule has 0 atom stereocenters. The minimum atomic E-state index is -0.145. The van der Waals surface area contributed by atoms with E-state index in [9.17, 15) is 4.79 Å². The summed E-state index contributed by atoms with van der Waals surface area (Å²) in [6.45, 7) is 3.85. The molecule has 0 aliphatic carbocycles. The minimum absolute atomic E-state index is 0.145. The molecule has 0 aliphatic rings. The van der Waals surface area contributed by atoms with Crippen LogP contribution in [0.2, 0.25) is 5.02 Å². The fourth-order valence-electron chi connectivity index (χ4n) is 2.27. The van der Waals surface area contributed by atoms with E-state index in [2.05, 4.69) is 0 Å². The molecule has 0 unspecified atom stereocenters. The Bertz CT molecular complexity index is 660. The molecule has 0 heterocycles. The number of nitrogen functional groups attached to an aromatic ring is 1. The Balaban J connectivity index is 2.58. The molecule has 4 heteroatoms.